The van der Waals surface area contributed by atoms with Gasteiger partial charge in [-0.2, -0.15) is 5.10 Å². The molecule has 0 radical (unpaired) electrons. The van der Waals surface area contributed by atoms with Crippen molar-refractivity contribution in [1.82, 2.24) is 14.8 Å². The Hall–Kier alpha value is -2.73. The summed E-state index contributed by atoms with van der Waals surface area (Å²) in [5, 5.41) is 6.95. The van der Waals surface area contributed by atoms with E-state index < -0.39 is 0 Å². The van der Waals surface area contributed by atoms with Gasteiger partial charge < -0.3 is 5.32 Å². The van der Waals surface area contributed by atoms with E-state index >= 15 is 0 Å². The second-order valence-electron chi connectivity index (χ2n) is 4.70. The Kier molecular flexibility index (Phi) is 4.63. The average molecular weight is 369 g/mol. The summed E-state index contributed by atoms with van der Waals surface area (Å²) in [6, 6.07) is 15.1. The highest BCUT2D eigenvalue weighted by atomic mass is 79.9. The Morgan fingerprint density at radius 1 is 1.13 bits per heavy atom. The number of halogens is 1. The molecule has 1 heterocycles. The van der Waals surface area contributed by atoms with E-state index in [9.17, 15) is 4.79 Å². The van der Waals surface area contributed by atoms with Crippen molar-refractivity contribution in [3.63, 3.8) is 0 Å². The summed E-state index contributed by atoms with van der Waals surface area (Å²) < 4.78 is 2.54. The van der Waals surface area contributed by atoms with E-state index in [0.717, 1.165) is 15.7 Å². The molecule has 0 spiro atoms. The molecule has 1 amide bonds. The molecule has 0 aliphatic carbocycles. The molecule has 2 aromatic carbocycles. The first-order valence-electron chi connectivity index (χ1n) is 6.91. The topological polar surface area (TPSA) is 59.8 Å². The Balaban J connectivity index is 1.78. The summed E-state index contributed by atoms with van der Waals surface area (Å²) in [4.78, 5) is 16.1. The number of aromatic nitrogens is 3. The zero-order valence-corrected chi connectivity index (χ0v) is 13.6. The molecular weight excluding hydrogens is 356 g/mol. The molecule has 3 rings (SSSR count). The third kappa shape index (κ3) is 3.73. The van der Waals surface area contributed by atoms with Crippen LogP contribution in [-0.2, 0) is 4.79 Å². The number of carbonyl (C=O) groups is 1. The molecular formula is C17H13BrN4O. The summed E-state index contributed by atoms with van der Waals surface area (Å²) in [6.07, 6.45) is 6.29. The third-order valence-electron chi connectivity index (χ3n) is 3.15. The second-order valence-corrected chi connectivity index (χ2v) is 5.56. The average Bonchev–Trinajstić information content (AvgIpc) is 3.09. The first kappa shape index (κ1) is 15.2. The van der Waals surface area contributed by atoms with Gasteiger partial charge in [0.05, 0.1) is 11.4 Å². The van der Waals surface area contributed by atoms with Crippen LogP contribution in [0.5, 0.6) is 0 Å². The molecule has 0 saturated heterocycles. The standard InChI is InChI=1S/C17H13BrN4O/c18-14-6-2-1-5-13(14)9-10-17(23)21-15-7-3-4-8-16(15)22-12-19-11-20-22/h1-12H,(H,21,23)/b10-9+. The number of amides is 1. The van der Waals surface area contributed by atoms with Crippen LogP contribution in [-0.4, -0.2) is 20.7 Å². The maximum atomic E-state index is 12.2. The van der Waals surface area contributed by atoms with Crippen LogP contribution in [0.1, 0.15) is 5.56 Å². The van der Waals surface area contributed by atoms with Gasteiger partial charge in [-0.05, 0) is 29.8 Å². The van der Waals surface area contributed by atoms with E-state index in [0.29, 0.717) is 5.69 Å². The predicted molar refractivity (Wildman–Crippen MR) is 93.2 cm³/mol. The summed E-state index contributed by atoms with van der Waals surface area (Å²) in [7, 11) is 0. The van der Waals surface area contributed by atoms with E-state index in [1.807, 2.05) is 48.5 Å². The van der Waals surface area contributed by atoms with Gasteiger partial charge in [0.1, 0.15) is 12.7 Å². The molecule has 0 bridgehead atoms. The smallest absolute Gasteiger partial charge is 0.248 e. The van der Waals surface area contributed by atoms with Crippen LogP contribution >= 0.6 is 15.9 Å². The molecule has 0 unspecified atom stereocenters. The molecule has 0 fully saturated rings. The van der Waals surface area contributed by atoms with Gasteiger partial charge in [0.15, 0.2) is 0 Å². The van der Waals surface area contributed by atoms with Crippen molar-refractivity contribution in [1.29, 1.82) is 0 Å². The maximum absolute atomic E-state index is 12.2. The highest BCUT2D eigenvalue weighted by molar-refractivity contribution is 9.10. The van der Waals surface area contributed by atoms with Gasteiger partial charge in [-0.15, -0.1) is 0 Å². The lowest BCUT2D eigenvalue weighted by Crippen LogP contribution is -2.10. The number of anilines is 1. The van der Waals surface area contributed by atoms with Crippen LogP contribution in [0.15, 0.2) is 71.7 Å². The lowest BCUT2D eigenvalue weighted by atomic mass is 10.2. The number of nitrogens with one attached hydrogen (secondary N) is 1. The SMILES string of the molecule is O=C(/C=C/c1ccccc1Br)Nc1ccccc1-n1cncn1. The Bertz CT molecular complexity index is 843. The molecule has 1 N–H and O–H groups in total. The molecule has 5 nitrogen and oxygen atoms in total. The largest absolute Gasteiger partial charge is 0.321 e. The van der Waals surface area contributed by atoms with Crippen LogP contribution in [0.3, 0.4) is 0 Å². The Labute approximate surface area is 141 Å². The van der Waals surface area contributed by atoms with Crippen molar-refractivity contribution in [3.8, 4) is 5.69 Å². The summed E-state index contributed by atoms with van der Waals surface area (Å²) in [5.74, 6) is -0.215. The predicted octanol–water partition coefficient (Wildman–Crippen LogP) is 3.68. The number of carbonyl (C=O) groups excluding carboxylic acids is 1. The molecule has 23 heavy (non-hydrogen) atoms. The van der Waals surface area contributed by atoms with Crippen LogP contribution < -0.4 is 5.32 Å². The van der Waals surface area contributed by atoms with Crippen molar-refractivity contribution in [2.45, 2.75) is 0 Å². The van der Waals surface area contributed by atoms with E-state index in [1.165, 1.54) is 12.4 Å². The first-order valence-corrected chi connectivity index (χ1v) is 7.71. The zero-order chi connectivity index (χ0) is 16.1. The lowest BCUT2D eigenvalue weighted by molar-refractivity contribution is -0.111. The van der Waals surface area contributed by atoms with Crippen LogP contribution in [0, 0.1) is 0 Å². The number of hydrogen-bond donors (Lipinski definition) is 1. The molecule has 114 valence electrons. The fraction of sp³-hybridized carbons (Fsp3) is 0. The summed E-state index contributed by atoms with van der Waals surface area (Å²) >= 11 is 3.45. The van der Waals surface area contributed by atoms with E-state index in [4.69, 9.17) is 0 Å². The third-order valence-corrected chi connectivity index (χ3v) is 3.87. The molecule has 3 aromatic rings. The summed E-state index contributed by atoms with van der Waals surface area (Å²) in [5.41, 5.74) is 2.36. The summed E-state index contributed by atoms with van der Waals surface area (Å²) in [6.45, 7) is 0. The van der Waals surface area contributed by atoms with Gasteiger partial charge in [-0.25, -0.2) is 9.67 Å². The maximum Gasteiger partial charge on any atom is 0.248 e. The van der Waals surface area contributed by atoms with Crippen molar-refractivity contribution in [2.24, 2.45) is 0 Å². The van der Waals surface area contributed by atoms with Gasteiger partial charge in [-0.3, -0.25) is 4.79 Å². The molecule has 0 atom stereocenters. The number of para-hydroxylation sites is 2. The van der Waals surface area contributed by atoms with E-state index in [1.54, 1.807) is 17.1 Å². The Morgan fingerprint density at radius 3 is 2.70 bits per heavy atom. The van der Waals surface area contributed by atoms with Gasteiger partial charge >= 0.3 is 0 Å². The first-order chi connectivity index (χ1) is 11.2. The van der Waals surface area contributed by atoms with Gasteiger partial charge in [-0.1, -0.05) is 46.3 Å². The van der Waals surface area contributed by atoms with E-state index in [2.05, 4.69) is 31.3 Å². The van der Waals surface area contributed by atoms with E-state index in [-0.39, 0.29) is 5.91 Å². The monoisotopic (exact) mass is 368 g/mol. The van der Waals surface area contributed by atoms with Gasteiger partial charge in [0, 0.05) is 10.5 Å². The highest BCUT2D eigenvalue weighted by Crippen LogP contribution is 2.19. The fourth-order valence-electron chi connectivity index (χ4n) is 2.06. The number of benzene rings is 2. The van der Waals surface area contributed by atoms with Crippen molar-refractivity contribution >= 4 is 33.6 Å². The van der Waals surface area contributed by atoms with Crippen molar-refractivity contribution < 1.29 is 4.79 Å². The second kappa shape index (κ2) is 7.02. The lowest BCUT2D eigenvalue weighted by Gasteiger charge is -2.09. The van der Waals surface area contributed by atoms with Crippen LogP contribution in [0.2, 0.25) is 0 Å². The minimum atomic E-state index is -0.215. The molecule has 0 aliphatic rings. The normalized spacial score (nSPS) is 10.8. The Morgan fingerprint density at radius 2 is 1.91 bits per heavy atom. The number of hydrogen-bond acceptors (Lipinski definition) is 3. The minimum absolute atomic E-state index is 0.215. The van der Waals surface area contributed by atoms with Gasteiger partial charge in [0.2, 0.25) is 5.91 Å². The van der Waals surface area contributed by atoms with Gasteiger partial charge in [0.25, 0.3) is 0 Å². The van der Waals surface area contributed by atoms with Crippen molar-refractivity contribution in [2.75, 3.05) is 5.32 Å². The molecule has 0 aliphatic heterocycles. The van der Waals surface area contributed by atoms with Crippen LogP contribution in [0.25, 0.3) is 11.8 Å². The van der Waals surface area contributed by atoms with Crippen molar-refractivity contribution in [3.05, 3.63) is 77.3 Å². The fourth-order valence-corrected chi connectivity index (χ4v) is 2.48. The number of nitrogens with zero attached hydrogens (tertiary/aromatic N) is 3. The van der Waals surface area contributed by atoms with Crippen LogP contribution in [0.4, 0.5) is 5.69 Å². The highest BCUT2D eigenvalue weighted by Gasteiger charge is 2.06. The molecule has 6 heteroatoms. The minimum Gasteiger partial charge on any atom is -0.321 e. The molecule has 0 saturated carbocycles. The quantitative estimate of drug-likeness (QED) is 0.714. The zero-order valence-electron chi connectivity index (χ0n) is 12.1. The molecule has 1 aromatic heterocycles. The number of rotatable bonds is 4.